The number of halogens is 2. The highest BCUT2D eigenvalue weighted by Crippen LogP contribution is 2.14. The maximum Gasteiger partial charge on any atom is 0.263 e. The summed E-state index contributed by atoms with van der Waals surface area (Å²) < 4.78 is 24.1. The summed E-state index contributed by atoms with van der Waals surface area (Å²) in [6.45, 7) is 0. The molecule has 0 amide bonds. The third-order valence-electron chi connectivity index (χ3n) is 1.42. The van der Waals surface area contributed by atoms with E-state index < -0.39 is 6.43 Å². The Labute approximate surface area is 59.3 Å². The predicted octanol–water partition coefficient (Wildman–Crippen LogP) is 0.883. The minimum Gasteiger partial charge on any atom is -0.205 e. The Morgan fingerprint density at radius 1 is 1.20 bits per heavy atom. The van der Waals surface area contributed by atoms with Crippen molar-refractivity contribution in [2.45, 2.75) is 6.43 Å². The summed E-state index contributed by atoms with van der Waals surface area (Å²) in [5.74, 6) is 0. The Kier molecular flexibility index (Phi) is 2.04. The van der Waals surface area contributed by atoms with E-state index in [-0.39, 0.29) is 5.56 Å². The van der Waals surface area contributed by atoms with Gasteiger partial charge in [-0.3, -0.25) is 0 Å². The van der Waals surface area contributed by atoms with Gasteiger partial charge in [0.1, 0.15) is 7.85 Å². The number of benzene rings is 1. The lowest BCUT2D eigenvalue weighted by Crippen LogP contribution is -2.09. The molecule has 0 bridgehead atoms. The van der Waals surface area contributed by atoms with E-state index in [0.717, 1.165) is 0 Å². The molecule has 1 aromatic carbocycles. The topological polar surface area (TPSA) is 0 Å². The molecule has 0 fully saturated rings. The first-order valence-electron chi connectivity index (χ1n) is 3.05. The molecule has 3 heteroatoms. The van der Waals surface area contributed by atoms with Crippen molar-refractivity contribution in [3.63, 3.8) is 0 Å². The second-order valence-corrected chi connectivity index (χ2v) is 2.16. The quantitative estimate of drug-likeness (QED) is 0.508. The largest absolute Gasteiger partial charge is 0.263 e. The maximum atomic E-state index is 12.0. The average molecular weight is 140 g/mol. The molecule has 0 heterocycles. The molecular weight excluding hydrogens is 133 g/mol. The zero-order valence-corrected chi connectivity index (χ0v) is 5.64. The normalized spacial score (nSPS) is 10.3. The van der Waals surface area contributed by atoms with Crippen LogP contribution in [0.5, 0.6) is 0 Å². The lowest BCUT2D eigenvalue weighted by atomic mass is 9.91. The standard InChI is InChI=1S/C7H7BF2/c8-6-4-2-1-3-5(6)7(9)10/h1-4,7H,8H2. The molecule has 0 nitrogen and oxygen atoms in total. The van der Waals surface area contributed by atoms with Crippen LogP contribution in [0.3, 0.4) is 0 Å². The van der Waals surface area contributed by atoms with Gasteiger partial charge in [-0.25, -0.2) is 8.78 Å². The Morgan fingerprint density at radius 2 is 1.80 bits per heavy atom. The van der Waals surface area contributed by atoms with Gasteiger partial charge in [0.2, 0.25) is 0 Å². The Morgan fingerprint density at radius 3 is 2.20 bits per heavy atom. The van der Waals surface area contributed by atoms with Gasteiger partial charge in [0.05, 0.1) is 0 Å². The fourth-order valence-corrected chi connectivity index (χ4v) is 0.832. The lowest BCUT2D eigenvalue weighted by molar-refractivity contribution is 0.152. The first kappa shape index (κ1) is 7.25. The van der Waals surface area contributed by atoms with Gasteiger partial charge in [-0.1, -0.05) is 29.7 Å². The lowest BCUT2D eigenvalue weighted by Gasteiger charge is -2.01. The Hall–Kier alpha value is -0.855. The average Bonchev–Trinajstić information content (AvgIpc) is 1.88. The van der Waals surface area contributed by atoms with Crippen LogP contribution < -0.4 is 5.46 Å². The predicted molar refractivity (Wildman–Crippen MR) is 39.6 cm³/mol. The van der Waals surface area contributed by atoms with Gasteiger partial charge < -0.3 is 0 Å². The van der Waals surface area contributed by atoms with Crippen LogP contribution in [0.1, 0.15) is 12.0 Å². The van der Waals surface area contributed by atoms with Gasteiger partial charge in [0.15, 0.2) is 0 Å². The molecule has 0 aromatic heterocycles. The summed E-state index contributed by atoms with van der Waals surface area (Å²) in [4.78, 5) is 0. The molecule has 0 radical (unpaired) electrons. The monoisotopic (exact) mass is 140 g/mol. The fourth-order valence-electron chi connectivity index (χ4n) is 0.832. The van der Waals surface area contributed by atoms with Crippen LogP contribution in [-0.4, -0.2) is 7.85 Å². The molecule has 10 heavy (non-hydrogen) atoms. The van der Waals surface area contributed by atoms with E-state index in [1.807, 2.05) is 0 Å². The van der Waals surface area contributed by atoms with Gasteiger partial charge in [0, 0.05) is 5.56 Å². The first-order valence-corrected chi connectivity index (χ1v) is 3.05. The van der Waals surface area contributed by atoms with Crippen molar-refractivity contribution in [1.29, 1.82) is 0 Å². The van der Waals surface area contributed by atoms with Gasteiger partial charge in [0.25, 0.3) is 6.43 Å². The summed E-state index contributed by atoms with van der Waals surface area (Å²) in [5, 5.41) is 0. The molecule has 1 rings (SSSR count). The molecule has 0 spiro atoms. The molecule has 0 unspecified atom stereocenters. The number of rotatable bonds is 1. The van der Waals surface area contributed by atoms with Gasteiger partial charge in [-0.2, -0.15) is 0 Å². The van der Waals surface area contributed by atoms with E-state index in [4.69, 9.17) is 0 Å². The van der Waals surface area contributed by atoms with Crippen molar-refractivity contribution in [2.24, 2.45) is 0 Å². The van der Waals surface area contributed by atoms with Crippen LogP contribution in [0, 0.1) is 0 Å². The summed E-state index contributed by atoms with van der Waals surface area (Å²) in [6, 6.07) is 6.50. The van der Waals surface area contributed by atoms with Crippen LogP contribution in [0.25, 0.3) is 0 Å². The van der Waals surface area contributed by atoms with Crippen molar-refractivity contribution >= 4 is 13.3 Å². The summed E-state index contributed by atoms with van der Waals surface area (Å²) >= 11 is 0. The molecule has 1 aromatic rings. The Bertz CT molecular complexity index is 223. The van der Waals surface area contributed by atoms with Crippen molar-refractivity contribution in [1.82, 2.24) is 0 Å². The van der Waals surface area contributed by atoms with Gasteiger partial charge >= 0.3 is 0 Å². The van der Waals surface area contributed by atoms with E-state index >= 15 is 0 Å². The van der Waals surface area contributed by atoms with Crippen LogP contribution >= 0.6 is 0 Å². The van der Waals surface area contributed by atoms with Crippen LogP contribution in [0.2, 0.25) is 0 Å². The van der Waals surface area contributed by atoms with Crippen molar-refractivity contribution < 1.29 is 8.78 Å². The third kappa shape index (κ3) is 1.35. The Balaban J connectivity index is 3.03. The summed E-state index contributed by atoms with van der Waals surface area (Å²) in [6.07, 6.45) is -2.35. The molecule has 52 valence electrons. The van der Waals surface area contributed by atoms with E-state index in [1.165, 1.54) is 6.07 Å². The van der Waals surface area contributed by atoms with E-state index in [1.54, 1.807) is 26.0 Å². The summed E-state index contributed by atoms with van der Waals surface area (Å²) in [7, 11) is 1.68. The second-order valence-electron chi connectivity index (χ2n) is 2.16. The van der Waals surface area contributed by atoms with Crippen LogP contribution in [0.4, 0.5) is 8.78 Å². The maximum absolute atomic E-state index is 12.0. The summed E-state index contributed by atoms with van der Waals surface area (Å²) in [5.41, 5.74) is 0.778. The first-order chi connectivity index (χ1) is 4.72. The molecule has 0 saturated heterocycles. The number of hydrogen-bond donors (Lipinski definition) is 0. The molecule has 0 saturated carbocycles. The molecular formula is C7H7BF2. The number of hydrogen-bond acceptors (Lipinski definition) is 0. The highest BCUT2D eigenvalue weighted by atomic mass is 19.3. The molecule has 0 N–H and O–H groups in total. The highest BCUT2D eigenvalue weighted by molar-refractivity contribution is 6.33. The molecule has 0 aliphatic carbocycles. The zero-order valence-electron chi connectivity index (χ0n) is 5.64. The van der Waals surface area contributed by atoms with E-state index in [0.29, 0.717) is 5.46 Å². The van der Waals surface area contributed by atoms with Crippen molar-refractivity contribution in [3.8, 4) is 0 Å². The van der Waals surface area contributed by atoms with Crippen LogP contribution in [-0.2, 0) is 0 Å². The minimum atomic E-state index is -2.35. The second kappa shape index (κ2) is 2.82. The van der Waals surface area contributed by atoms with Gasteiger partial charge in [-0.05, 0) is 0 Å². The van der Waals surface area contributed by atoms with Crippen molar-refractivity contribution in [2.75, 3.05) is 0 Å². The van der Waals surface area contributed by atoms with Crippen molar-refractivity contribution in [3.05, 3.63) is 29.8 Å². The van der Waals surface area contributed by atoms with E-state index in [2.05, 4.69) is 0 Å². The smallest absolute Gasteiger partial charge is 0.205 e. The van der Waals surface area contributed by atoms with E-state index in [9.17, 15) is 8.78 Å². The SMILES string of the molecule is Bc1ccccc1C(F)F. The van der Waals surface area contributed by atoms with Gasteiger partial charge in [-0.15, -0.1) is 0 Å². The minimum absolute atomic E-state index is 0.127. The molecule has 0 aliphatic rings. The van der Waals surface area contributed by atoms with Crippen LogP contribution in [0.15, 0.2) is 24.3 Å². The highest BCUT2D eigenvalue weighted by Gasteiger charge is 2.07. The third-order valence-corrected chi connectivity index (χ3v) is 1.42. The zero-order chi connectivity index (χ0) is 7.56. The fraction of sp³-hybridized carbons (Fsp3) is 0.143. The molecule has 0 atom stereocenters. The molecule has 0 aliphatic heterocycles. The number of alkyl halides is 2.